The van der Waals surface area contributed by atoms with Gasteiger partial charge < -0.3 is 5.32 Å². The van der Waals surface area contributed by atoms with E-state index in [0.29, 0.717) is 22.4 Å². The quantitative estimate of drug-likeness (QED) is 0.806. The summed E-state index contributed by atoms with van der Waals surface area (Å²) in [5.41, 5.74) is 1.27. The number of nitrogens with one attached hydrogen (secondary N) is 1. The molecule has 0 aliphatic heterocycles. The fourth-order valence-electron chi connectivity index (χ4n) is 4.24. The molecule has 1 aliphatic carbocycles. The van der Waals surface area contributed by atoms with Crippen LogP contribution in [0.25, 0.3) is 0 Å². The zero-order chi connectivity index (χ0) is 15.8. The molecular weight excluding hydrogens is 268 g/mol. The van der Waals surface area contributed by atoms with Gasteiger partial charge in [-0.3, -0.25) is 0 Å². The lowest BCUT2D eigenvalue weighted by Crippen LogP contribution is -2.44. The van der Waals surface area contributed by atoms with Gasteiger partial charge in [0.2, 0.25) is 0 Å². The third kappa shape index (κ3) is 4.50. The number of benzene rings is 1. The van der Waals surface area contributed by atoms with Crippen LogP contribution in [0.5, 0.6) is 0 Å². The molecule has 1 nitrogen and oxygen atoms in total. The van der Waals surface area contributed by atoms with E-state index >= 15 is 0 Å². The van der Waals surface area contributed by atoms with Crippen molar-refractivity contribution in [3.05, 3.63) is 35.4 Å². The molecule has 0 bridgehead atoms. The molecule has 1 atom stereocenters. The molecular formula is C18H27F2N. The first kappa shape index (κ1) is 16.4. The third-order valence-corrected chi connectivity index (χ3v) is 4.43. The highest BCUT2D eigenvalue weighted by atomic mass is 19.1. The van der Waals surface area contributed by atoms with Crippen LogP contribution in [-0.2, 0) is 0 Å². The molecule has 1 saturated carbocycles. The Labute approximate surface area is 127 Å². The van der Waals surface area contributed by atoms with Gasteiger partial charge in [0.15, 0.2) is 0 Å². The molecule has 2 rings (SSSR count). The second kappa shape index (κ2) is 5.68. The topological polar surface area (TPSA) is 12.0 Å². The second-order valence-electron chi connectivity index (χ2n) is 8.20. The number of hydrogen-bond donors (Lipinski definition) is 1. The smallest absolute Gasteiger partial charge is 0.126 e. The molecule has 1 unspecified atom stereocenters. The summed E-state index contributed by atoms with van der Waals surface area (Å²) in [6.07, 6.45) is 3.40. The predicted molar refractivity (Wildman–Crippen MR) is 83.1 cm³/mol. The largest absolute Gasteiger partial charge is 0.307 e. The molecule has 118 valence electrons. The summed E-state index contributed by atoms with van der Waals surface area (Å²) in [5.74, 6) is -1.02. The number of halogens is 2. The highest BCUT2D eigenvalue weighted by Crippen LogP contribution is 2.46. The fourth-order valence-corrected chi connectivity index (χ4v) is 4.24. The minimum atomic E-state index is -0.511. The van der Waals surface area contributed by atoms with Gasteiger partial charge in [0.25, 0.3) is 0 Å². The molecule has 1 aromatic rings. The Hall–Kier alpha value is -0.960. The predicted octanol–water partition coefficient (Wildman–Crippen LogP) is 5.22. The number of rotatable bonds is 3. The van der Waals surface area contributed by atoms with E-state index in [1.807, 2.05) is 6.92 Å². The molecule has 0 radical (unpaired) electrons. The maximum atomic E-state index is 13.3. The average Bonchev–Trinajstić information content (AvgIpc) is 2.22. The van der Waals surface area contributed by atoms with E-state index in [9.17, 15) is 8.78 Å². The lowest BCUT2D eigenvalue weighted by Gasteiger charge is -2.46. The van der Waals surface area contributed by atoms with E-state index in [1.54, 1.807) is 0 Å². The standard InChI is InChI=1S/C18H27F2N/c1-12(13-6-14(19)8-15(20)7-13)21-16-9-17(2,3)11-18(4,5)10-16/h6-8,12,16,21H,9-11H2,1-5H3. The Morgan fingerprint density at radius 2 is 1.48 bits per heavy atom. The molecule has 1 aromatic carbocycles. The van der Waals surface area contributed by atoms with Crippen molar-refractivity contribution in [2.75, 3.05) is 0 Å². The van der Waals surface area contributed by atoms with Crippen molar-refractivity contribution < 1.29 is 8.78 Å². The summed E-state index contributed by atoms with van der Waals surface area (Å²) >= 11 is 0. The van der Waals surface area contributed by atoms with Crippen molar-refractivity contribution in [2.24, 2.45) is 10.8 Å². The Bertz CT molecular complexity index is 472. The van der Waals surface area contributed by atoms with Gasteiger partial charge in [0.05, 0.1) is 0 Å². The van der Waals surface area contributed by atoms with Crippen LogP contribution < -0.4 is 5.32 Å². The van der Waals surface area contributed by atoms with Crippen molar-refractivity contribution in [3.63, 3.8) is 0 Å². The maximum absolute atomic E-state index is 13.3. The van der Waals surface area contributed by atoms with Crippen molar-refractivity contribution in [2.45, 2.75) is 66.0 Å². The van der Waals surface area contributed by atoms with Gasteiger partial charge in [0, 0.05) is 18.2 Å². The van der Waals surface area contributed by atoms with Crippen molar-refractivity contribution >= 4 is 0 Å². The second-order valence-corrected chi connectivity index (χ2v) is 8.20. The van der Waals surface area contributed by atoms with Gasteiger partial charge in [-0.15, -0.1) is 0 Å². The van der Waals surface area contributed by atoms with Crippen LogP contribution in [0.3, 0.4) is 0 Å². The van der Waals surface area contributed by atoms with Crippen LogP contribution in [0.1, 0.15) is 65.5 Å². The van der Waals surface area contributed by atoms with Crippen LogP contribution in [-0.4, -0.2) is 6.04 Å². The molecule has 0 saturated heterocycles. The summed E-state index contributed by atoms with van der Waals surface area (Å²) in [7, 11) is 0. The Balaban J connectivity index is 2.10. The van der Waals surface area contributed by atoms with Crippen molar-refractivity contribution in [1.82, 2.24) is 5.32 Å². The lowest BCUT2D eigenvalue weighted by molar-refractivity contribution is 0.0811. The minimum absolute atomic E-state index is 0.0510. The van der Waals surface area contributed by atoms with Crippen LogP contribution in [0, 0.1) is 22.5 Å². The summed E-state index contributed by atoms with van der Waals surface area (Å²) in [4.78, 5) is 0. The third-order valence-electron chi connectivity index (χ3n) is 4.43. The van der Waals surface area contributed by atoms with Crippen LogP contribution in [0.4, 0.5) is 8.78 Å². The molecule has 3 heteroatoms. The zero-order valence-electron chi connectivity index (χ0n) is 13.8. The summed E-state index contributed by atoms with van der Waals surface area (Å²) < 4.78 is 26.7. The first-order valence-corrected chi connectivity index (χ1v) is 7.78. The molecule has 0 amide bonds. The Kier molecular flexibility index (Phi) is 4.44. The molecule has 0 heterocycles. The summed E-state index contributed by atoms with van der Waals surface area (Å²) in [6, 6.07) is 4.08. The van der Waals surface area contributed by atoms with Gasteiger partial charge in [-0.1, -0.05) is 27.7 Å². The van der Waals surface area contributed by atoms with Gasteiger partial charge in [-0.25, -0.2) is 8.78 Å². The normalized spacial score (nSPS) is 23.0. The van der Waals surface area contributed by atoms with Gasteiger partial charge in [-0.05, 0) is 54.7 Å². The SMILES string of the molecule is CC(NC1CC(C)(C)CC(C)(C)C1)c1cc(F)cc(F)c1. The van der Waals surface area contributed by atoms with E-state index in [4.69, 9.17) is 0 Å². The summed E-state index contributed by atoms with van der Waals surface area (Å²) in [5, 5.41) is 3.57. The van der Waals surface area contributed by atoms with Crippen LogP contribution in [0.2, 0.25) is 0 Å². The summed E-state index contributed by atoms with van der Waals surface area (Å²) in [6.45, 7) is 11.2. The fraction of sp³-hybridized carbons (Fsp3) is 0.667. The van der Waals surface area contributed by atoms with E-state index in [0.717, 1.165) is 18.9 Å². The zero-order valence-corrected chi connectivity index (χ0v) is 13.8. The van der Waals surface area contributed by atoms with Gasteiger partial charge >= 0.3 is 0 Å². The molecule has 1 aliphatic rings. The van der Waals surface area contributed by atoms with E-state index in [2.05, 4.69) is 33.0 Å². The maximum Gasteiger partial charge on any atom is 0.126 e. The minimum Gasteiger partial charge on any atom is -0.307 e. The highest BCUT2D eigenvalue weighted by Gasteiger charge is 2.38. The number of hydrogen-bond acceptors (Lipinski definition) is 1. The van der Waals surface area contributed by atoms with E-state index in [1.165, 1.54) is 18.6 Å². The van der Waals surface area contributed by atoms with Gasteiger partial charge in [0.1, 0.15) is 11.6 Å². The first-order chi connectivity index (χ1) is 9.56. The molecule has 1 fully saturated rings. The van der Waals surface area contributed by atoms with E-state index in [-0.39, 0.29) is 6.04 Å². The van der Waals surface area contributed by atoms with Gasteiger partial charge in [-0.2, -0.15) is 0 Å². The van der Waals surface area contributed by atoms with Crippen LogP contribution >= 0.6 is 0 Å². The van der Waals surface area contributed by atoms with E-state index < -0.39 is 11.6 Å². The molecule has 0 spiro atoms. The van der Waals surface area contributed by atoms with Crippen molar-refractivity contribution in [1.29, 1.82) is 0 Å². The Morgan fingerprint density at radius 1 is 1.00 bits per heavy atom. The Morgan fingerprint density at radius 3 is 1.95 bits per heavy atom. The monoisotopic (exact) mass is 295 g/mol. The molecule has 1 N–H and O–H groups in total. The molecule has 21 heavy (non-hydrogen) atoms. The average molecular weight is 295 g/mol. The molecule has 0 aromatic heterocycles. The highest BCUT2D eigenvalue weighted by molar-refractivity contribution is 5.21. The first-order valence-electron chi connectivity index (χ1n) is 7.78. The van der Waals surface area contributed by atoms with Crippen LogP contribution in [0.15, 0.2) is 18.2 Å². The van der Waals surface area contributed by atoms with Crippen molar-refractivity contribution in [3.8, 4) is 0 Å². The lowest BCUT2D eigenvalue weighted by atomic mass is 9.63.